The van der Waals surface area contributed by atoms with Gasteiger partial charge in [-0.25, -0.2) is 0 Å². The van der Waals surface area contributed by atoms with Gasteiger partial charge in [0.15, 0.2) is 0 Å². The van der Waals surface area contributed by atoms with E-state index < -0.39 is 0 Å². The monoisotopic (exact) mass is 281 g/mol. The molecule has 0 heterocycles. The average Bonchev–Trinajstić information content (AvgIpc) is 2.93. The number of nitrogens with one attached hydrogen (secondary N) is 1. The van der Waals surface area contributed by atoms with Crippen LogP contribution in [0.5, 0.6) is 0 Å². The first-order valence-electron chi connectivity index (χ1n) is 8.62. The molecule has 1 atom stereocenters. The molecule has 2 aromatic carbocycles. The highest BCUT2D eigenvalue weighted by molar-refractivity contribution is 5.93. The molecule has 0 aromatic heterocycles. The molecule has 0 saturated carbocycles. The Labute approximate surface area is 128 Å². The highest BCUT2D eigenvalue weighted by Gasteiger charge is 2.19. The van der Waals surface area contributed by atoms with Crippen LogP contribution in [0.15, 0.2) is 30.3 Å². The van der Waals surface area contributed by atoms with Crippen molar-refractivity contribution < 1.29 is 0 Å². The Morgan fingerprint density at radius 2 is 1.81 bits per heavy atom. The van der Waals surface area contributed by atoms with E-state index >= 15 is 0 Å². The van der Waals surface area contributed by atoms with E-state index in [1.54, 1.807) is 16.5 Å². The van der Waals surface area contributed by atoms with Crippen LogP contribution in [-0.4, -0.2) is 6.54 Å². The summed E-state index contributed by atoms with van der Waals surface area (Å²) in [6.45, 7) is 5.54. The Bertz CT molecular complexity index is 604. The molecule has 1 aliphatic carbocycles. The van der Waals surface area contributed by atoms with Crippen molar-refractivity contribution in [1.82, 2.24) is 5.32 Å². The van der Waals surface area contributed by atoms with E-state index in [-0.39, 0.29) is 0 Å². The molecule has 0 saturated heterocycles. The van der Waals surface area contributed by atoms with E-state index in [1.165, 1.54) is 49.5 Å². The van der Waals surface area contributed by atoms with Gasteiger partial charge in [-0.15, -0.1) is 0 Å². The van der Waals surface area contributed by atoms with Gasteiger partial charge in [0, 0.05) is 6.04 Å². The quantitative estimate of drug-likeness (QED) is 0.690. The molecular weight excluding hydrogens is 254 g/mol. The number of hydrogen-bond donors (Lipinski definition) is 1. The predicted octanol–water partition coefficient (Wildman–Crippen LogP) is 5.17. The summed E-state index contributed by atoms with van der Waals surface area (Å²) >= 11 is 0. The van der Waals surface area contributed by atoms with Crippen molar-refractivity contribution >= 4 is 10.8 Å². The van der Waals surface area contributed by atoms with Crippen LogP contribution in [-0.2, 0) is 12.8 Å². The van der Waals surface area contributed by atoms with Crippen LogP contribution in [0.2, 0.25) is 0 Å². The minimum Gasteiger partial charge on any atom is -0.310 e. The molecule has 1 nitrogen and oxygen atoms in total. The summed E-state index contributed by atoms with van der Waals surface area (Å²) < 4.78 is 0. The predicted molar refractivity (Wildman–Crippen MR) is 91.9 cm³/mol. The Hall–Kier alpha value is -1.34. The number of hydrogen-bond acceptors (Lipinski definition) is 1. The summed E-state index contributed by atoms with van der Waals surface area (Å²) in [7, 11) is 0. The van der Waals surface area contributed by atoms with E-state index in [0.29, 0.717) is 6.04 Å². The van der Waals surface area contributed by atoms with Crippen LogP contribution in [0.4, 0.5) is 0 Å². The normalized spacial score (nSPS) is 14.8. The highest BCUT2D eigenvalue weighted by atomic mass is 14.9. The molecule has 0 bridgehead atoms. The molecule has 0 fully saturated rings. The minimum absolute atomic E-state index is 0.506. The number of aryl methyl sites for hydroxylation is 2. The molecule has 3 rings (SSSR count). The molecule has 1 unspecified atom stereocenters. The Kier molecular flexibility index (Phi) is 4.60. The Morgan fingerprint density at radius 3 is 2.57 bits per heavy atom. The van der Waals surface area contributed by atoms with Gasteiger partial charge in [-0.1, -0.05) is 63.4 Å². The maximum atomic E-state index is 3.71. The summed E-state index contributed by atoms with van der Waals surface area (Å²) in [5, 5.41) is 6.75. The molecule has 1 aliphatic rings. The van der Waals surface area contributed by atoms with Crippen LogP contribution in [0, 0.1) is 0 Å². The van der Waals surface area contributed by atoms with Crippen molar-refractivity contribution in [2.24, 2.45) is 0 Å². The van der Waals surface area contributed by atoms with Gasteiger partial charge in [-0.3, -0.25) is 0 Å². The summed E-state index contributed by atoms with van der Waals surface area (Å²) in [4.78, 5) is 0. The van der Waals surface area contributed by atoms with E-state index in [1.807, 2.05) is 0 Å². The fourth-order valence-electron chi connectivity index (χ4n) is 3.79. The molecule has 0 aliphatic heterocycles. The first-order valence-corrected chi connectivity index (χ1v) is 8.62. The number of unbranched alkanes of at least 4 members (excludes halogenated alkanes) is 2. The molecule has 1 N–H and O–H groups in total. The van der Waals surface area contributed by atoms with Crippen LogP contribution in [0.25, 0.3) is 10.8 Å². The van der Waals surface area contributed by atoms with Gasteiger partial charge >= 0.3 is 0 Å². The third kappa shape index (κ3) is 2.85. The number of rotatable bonds is 7. The van der Waals surface area contributed by atoms with Crippen LogP contribution >= 0.6 is 0 Å². The van der Waals surface area contributed by atoms with Gasteiger partial charge in [0.25, 0.3) is 0 Å². The van der Waals surface area contributed by atoms with Crippen molar-refractivity contribution in [3.63, 3.8) is 0 Å². The lowest BCUT2D eigenvalue weighted by atomic mass is 9.93. The summed E-state index contributed by atoms with van der Waals surface area (Å²) in [5.41, 5.74) is 4.61. The number of benzene rings is 2. The van der Waals surface area contributed by atoms with E-state index in [4.69, 9.17) is 0 Å². The maximum absolute atomic E-state index is 3.71. The largest absolute Gasteiger partial charge is 0.310 e. The van der Waals surface area contributed by atoms with Gasteiger partial charge in [0.1, 0.15) is 0 Å². The fourth-order valence-corrected chi connectivity index (χ4v) is 3.79. The van der Waals surface area contributed by atoms with Gasteiger partial charge in [-0.05, 0) is 53.3 Å². The maximum Gasteiger partial charge on any atom is 0.0326 e. The smallest absolute Gasteiger partial charge is 0.0326 e. The highest BCUT2D eigenvalue weighted by Crippen LogP contribution is 2.36. The lowest BCUT2D eigenvalue weighted by Crippen LogP contribution is -2.21. The van der Waals surface area contributed by atoms with Crippen LogP contribution in [0.1, 0.15) is 62.3 Å². The SMILES string of the molecule is CCCCCC(NCC)c1ccc2c3c(cccc13)CC2. The zero-order valence-corrected chi connectivity index (χ0v) is 13.4. The third-order valence-corrected chi connectivity index (χ3v) is 4.83. The lowest BCUT2D eigenvalue weighted by Gasteiger charge is -2.21. The van der Waals surface area contributed by atoms with Crippen molar-refractivity contribution in [2.75, 3.05) is 6.54 Å². The van der Waals surface area contributed by atoms with Crippen LogP contribution < -0.4 is 5.32 Å². The van der Waals surface area contributed by atoms with Gasteiger partial charge in [0.2, 0.25) is 0 Å². The second kappa shape index (κ2) is 6.62. The second-order valence-electron chi connectivity index (χ2n) is 6.26. The topological polar surface area (TPSA) is 12.0 Å². The zero-order chi connectivity index (χ0) is 14.7. The van der Waals surface area contributed by atoms with Crippen molar-refractivity contribution in [3.8, 4) is 0 Å². The molecule has 0 radical (unpaired) electrons. The van der Waals surface area contributed by atoms with E-state index in [2.05, 4.69) is 49.5 Å². The van der Waals surface area contributed by atoms with E-state index in [9.17, 15) is 0 Å². The summed E-state index contributed by atoms with van der Waals surface area (Å²) in [5.74, 6) is 0. The van der Waals surface area contributed by atoms with E-state index in [0.717, 1.165) is 6.54 Å². The van der Waals surface area contributed by atoms with Gasteiger partial charge < -0.3 is 5.32 Å². The Balaban J connectivity index is 1.98. The molecule has 21 heavy (non-hydrogen) atoms. The first kappa shape index (κ1) is 14.6. The second-order valence-corrected chi connectivity index (χ2v) is 6.26. The standard InChI is InChI=1S/C20H27N/c1-3-5-6-10-19(21-4-2)17-14-13-16-12-11-15-8-7-9-18(17)20(15)16/h7-9,13-14,19,21H,3-6,10-12H2,1-2H3. The fraction of sp³-hybridized carbons (Fsp3) is 0.500. The summed E-state index contributed by atoms with van der Waals surface area (Å²) in [6.07, 6.45) is 7.64. The third-order valence-electron chi connectivity index (χ3n) is 4.83. The minimum atomic E-state index is 0.506. The Morgan fingerprint density at radius 1 is 1.00 bits per heavy atom. The average molecular weight is 281 g/mol. The summed E-state index contributed by atoms with van der Waals surface area (Å²) in [6, 6.07) is 12.1. The molecule has 112 valence electrons. The van der Waals surface area contributed by atoms with Crippen molar-refractivity contribution in [3.05, 3.63) is 47.0 Å². The molecule has 0 amide bonds. The lowest BCUT2D eigenvalue weighted by molar-refractivity contribution is 0.489. The molecule has 2 aromatic rings. The van der Waals surface area contributed by atoms with Gasteiger partial charge in [0.05, 0.1) is 0 Å². The zero-order valence-electron chi connectivity index (χ0n) is 13.4. The molecule has 0 spiro atoms. The van der Waals surface area contributed by atoms with Gasteiger partial charge in [-0.2, -0.15) is 0 Å². The first-order chi connectivity index (χ1) is 10.3. The van der Waals surface area contributed by atoms with Crippen molar-refractivity contribution in [1.29, 1.82) is 0 Å². The molecular formula is C20H27N. The molecule has 1 heteroatoms. The van der Waals surface area contributed by atoms with Crippen LogP contribution in [0.3, 0.4) is 0 Å². The van der Waals surface area contributed by atoms with Crippen molar-refractivity contribution in [2.45, 2.75) is 58.4 Å².